The van der Waals surface area contributed by atoms with Crippen LogP contribution in [0.4, 0.5) is 0 Å². The zero-order valence-corrected chi connectivity index (χ0v) is 41.6. The van der Waals surface area contributed by atoms with Gasteiger partial charge < -0.3 is 14.2 Å². The minimum Gasteiger partial charge on any atom is -0.462 e. The molecule has 0 amide bonds. The Hall–Kier alpha value is -2.89. The molecule has 1 atom stereocenters. The van der Waals surface area contributed by atoms with Gasteiger partial charge >= 0.3 is 17.9 Å². The van der Waals surface area contributed by atoms with E-state index in [1.54, 1.807) is 0 Å². The normalized spacial score (nSPS) is 12.5. The van der Waals surface area contributed by atoms with Crippen LogP contribution in [0.25, 0.3) is 0 Å². The van der Waals surface area contributed by atoms with E-state index in [4.69, 9.17) is 14.2 Å². The molecule has 6 heteroatoms. The maximum absolute atomic E-state index is 12.8. The second kappa shape index (κ2) is 51.7. The molecule has 0 aromatic carbocycles. The monoisotopic (exact) mass is 881 g/mol. The van der Waals surface area contributed by atoms with Crippen LogP contribution in [0.1, 0.15) is 265 Å². The second-order valence-electron chi connectivity index (χ2n) is 17.7. The highest BCUT2D eigenvalue weighted by molar-refractivity contribution is 5.71. The molecule has 6 nitrogen and oxygen atoms in total. The average molecular weight is 881 g/mol. The molecule has 0 aromatic rings. The van der Waals surface area contributed by atoms with Crippen molar-refractivity contribution in [3.63, 3.8) is 0 Å². The molecule has 0 fully saturated rings. The fourth-order valence-electron chi connectivity index (χ4n) is 7.45. The highest BCUT2D eigenvalue weighted by Crippen LogP contribution is 2.14. The molecule has 63 heavy (non-hydrogen) atoms. The topological polar surface area (TPSA) is 78.9 Å². The lowest BCUT2D eigenvalue weighted by Gasteiger charge is -2.18. The molecular weight excluding hydrogens is 781 g/mol. The molecule has 0 aliphatic rings. The molecule has 0 saturated heterocycles. The van der Waals surface area contributed by atoms with Crippen molar-refractivity contribution in [3.8, 4) is 0 Å². The van der Waals surface area contributed by atoms with Gasteiger partial charge in [0, 0.05) is 19.3 Å². The fraction of sp³-hybridized carbons (Fsp3) is 0.772. The van der Waals surface area contributed by atoms with Crippen molar-refractivity contribution in [2.24, 2.45) is 0 Å². The molecular formula is C57H100O6. The predicted octanol–water partition coefficient (Wildman–Crippen LogP) is 17.6. The molecule has 0 radical (unpaired) electrons. The average Bonchev–Trinajstić information content (AvgIpc) is 3.28. The Bertz CT molecular complexity index is 1150. The maximum Gasteiger partial charge on any atom is 0.306 e. The van der Waals surface area contributed by atoms with E-state index in [1.165, 1.54) is 128 Å². The lowest BCUT2D eigenvalue weighted by atomic mass is 10.1. The molecule has 0 aliphatic heterocycles. The minimum atomic E-state index is -0.785. The Morgan fingerprint density at radius 1 is 0.333 bits per heavy atom. The van der Waals surface area contributed by atoms with E-state index in [9.17, 15) is 14.4 Å². The van der Waals surface area contributed by atoms with Crippen molar-refractivity contribution in [2.75, 3.05) is 13.2 Å². The largest absolute Gasteiger partial charge is 0.462 e. The zero-order chi connectivity index (χ0) is 45.8. The molecule has 0 saturated carbocycles. The number of esters is 3. The highest BCUT2D eigenvalue weighted by atomic mass is 16.6. The van der Waals surface area contributed by atoms with Gasteiger partial charge in [0.25, 0.3) is 0 Å². The van der Waals surface area contributed by atoms with Gasteiger partial charge in [-0.25, -0.2) is 0 Å². The second-order valence-corrected chi connectivity index (χ2v) is 17.7. The summed E-state index contributed by atoms with van der Waals surface area (Å²) in [7, 11) is 0. The standard InChI is InChI=1S/C57H100O6/c1-4-7-10-13-16-19-22-25-27-29-31-32-35-38-41-44-47-50-56(59)62-53-54(52-61-55(58)49-46-43-40-37-34-24-21-18-15-12-9-6-3)63-57(60)51-48-45-42-39-36-33-30-28-26-23-20-17-14-11-8-5-2/h8,11,17-18,20-21,25-28,54H,4-7,9-10,12-16,19,22-24,29-53H2,1-3H3/b11-8-,20-17-,21-18-,27-25-,28-26-. The Kier molecular flexibility index (Phi) is 49.4. The summed E-state index contributed by atoms with van der Waals surface area (Å²) in [6.07, 6.45) is 63.4. The molecule has 0 N–H and O–H groups in total. The van der Waals surface area contributed by atoms with E-state index >= 15 is 0 Å². The first-order valence-electron chi connectivity index (χ1n) is 26.8. The minimum absolute atomic E-state index is 0.0840. The summed E-state index contributed by atoms with van der Waals surface area (Å²) in [6, 6.07) is 0. The third kappa shape index (κ3) is 50.0. The molecule has 0 aliphatic carbocycles. The van der Waals surface area contributed by atoms with Crippen molar-refractivity contribution >= 4 is 17.9 Å². The zero-order valence-electron chi connectivity index (χ0n) is 41.6. The Morgan fingerprint density at radius 2 is 0.619 bits per heavy atom. The molecule has 0 heterocycles. The Morgan fingerprint density at radius 3 is 1.02 bits per heavy atom. The van der Waals surface area contributed by atoms with Crippen LogP contribution in [0, 0.1) is 0 Å². The number of carbonyl (C=O) groups excluding carboxylic acids is 3. The van der Waals surface area contributed by atoms with Gasteiger partial charge in [0.05, 0.1) is 0 Å². The number of ether oxygens (including phenoxy) is 3. The molecule has 1 unspecified atom stereocenters. The first kappa shape index (κ1) is 60.1. The quantitative estimate of drug-likeness (QED) is 0.0262. The Balaban J connectivity index is 4.39. The summed E-state index contributed by atoms with van der Waals surface area (Å²) in [6.45, 7) is 6.49. The van der Waals surface area contributed by atoms with Crippen LogP contribution in [0.2, 0.25) is 0 Å². The lowest BCUT2D eigenvalue weighted by Crippen LogP contribution is -2.30. The van der Waals surface area contributed by atoms with Crippen molar-refractivity contribution in [2.45, 2.75) is 271 Å². The molecule has 0 spiro atoms. The van der Waals surface area contributed by atoms with Crippen LogP contribution >= 0.6 is 0 Å². The third-order valence-electron chi connectivity index (χ3n) is 11.5. The van der Waals surface area contributed by atoms with Crippen LogP contribution < -0.4 is 0 Å². The molecule has 0 aromatic heterocycles. The highest BCUT2D eigenvalue weighted by Gasteiger charge is 2.19. The third-order valence-corrected chi connectivity index (χ3v) is 11.5. The molecule has 364 valence electrons. The van der Waals surface area contributed by atoms with E-state index in [1.807, 2.05) is 0 Å². The van der Waals surface area contributed by atoms with E-state index in [0.29, 0.717) is 19.3 Å². The van der Waals surface area contributed by atoms with Gasteiger partial charge in [0.15, 0.2) is 6.10 Å². The van der Waals surface area contributed by atoms with Gasteiger partial charge in [-0.1, -0.05) is 204 Å². The van der Waals surface area contributed by atoms with Crippen molar-refractivity contribution in [3.05, 3.63) is 60.8 Å². The van der Waals surface area contributed by atoms with Gasteiger partial charge in [-0.2, -0.15) is 0 Å². The lowest BCUT2D eigenvalue weighted by molar-refractivity contribution is -0.167. The Labute approximate surface area is 390 Å². The van der Waals surface area contributed by atoms with Gasteiger partial charge in [-0.05, 0) is 103 Å². The molecule has 0 bridgehead atoms. The summed E-state index contributed by atoms with van der Waals surface area (Å²) < 4.78 is 16.8. The van der Waals surface area contributed by atoms with Crippen LogP contribution in [0.5, 0.6) is 0 Å². The number of unbranched alkanes of at least 4 members (excludes halogenated alkanes) is 27. The number of rotatable bonds is 48. The smallest absolute Gasteiger partial charge is 0.306 e. The van der Waals surface area contributed by atoms with E-state index in [2.05, 4.69) is 81.5 Å². The van der Waals surface area contributed by atoms with E-state index in [-0.39, 0.29) is 31.1 Å². The van der Waals surface area contributed by atoms with Gasteiger partial charge in [-0.15, -0.1) is 0 Å². The number of hydrogen-bond donors (Lipinski definition) is 0. The summed E-state index contributed by atoms with van der Waals surface area (Å²) in [5.41, 5.74) is 0. The summed E-state index contributed by atoms with van der Waals surface area (Å²) in [5.74, 6) is -0.905. The fourth-order valence-corrected chi connectivity index (χ4v) is 7.45. The maximum atomic E-state index is 12.8. The van der Waals surface area contributed by atoms with Gasteiger partial charge in [-0.3, -0.25) is 14.4 Å². The predicted molar refractivity (Wildman–Crippen MR) is 270 cm³/mol. The summed E-state index contributed by atoms with van der Waals surface area (Å²) in [5, 5.41) is 0. The first-order chi connectivity index (χ1) is 31.0. The van der Waals surface area contributed by atoms with Gasteiger partial charge in [0.2, 0.25) is 0 Å². The first-order valence-corrected chi connectivity index (χ1v) is 26.8. The number of hydrogen-bond acceptors (Lipinski definition) is 6. The van der Waals surface area contributed by atoms with Crippen LogP contribution in [0.15, 0.2) is 60.8 Å². The van der Waals surface area contributed by atoms with E-state index in [0.717, 1.165) is 96.3 Å². The van der Waals surface area contributed by atoms with Crippen LogP contribution in [-0.4, -0.2) is 37.2 Å². The van der Waals surface area contributed by atoms with Crippen molar-refractivity contribution in [1.82, 2.24) is 0 Å². The van der Waals surface area contributed by atoms with Crippen LogP contribution in [-0.2, 0) is 28.6 Å². The van der Waals surface area contributed by atoms with E-state index < -0.39 is 6.10 Å². The summed E-state index contributed by atoms with van der Waals surface area (Å²) in [4.78, 5) is 38.0. The van der Waals surface area contributed by atoms with Crippen molar-refractivity contribution in [1.29, 1.82) is 0 Å². The number of carbonyl (C=O) groups is 3. The summed E-state index contributed by atoms with van der Waals surface area (Å²) >= 11 is 0. The van der Waals surface area contributed by atoms with Gasteiger partial charge in [0.1, 0.15) is 13.2 Å². The van der Waals surface area contributed by atoms with Crippen LogP contribution in [0.3, 0.4) is 0 Å². The number of allylic oxidation sites excluding steroid dienone is 10. The molecule has 0 rings (SSSR count). The SMILES string of the molecule is CC/C=C\C/C=C\C/C=C\CCCCCCCCC(=O)OC(COC(=O)CCCCCCC/C=C\CCCCC)COC(=O)CCCCCCCCC/C=C\CCCCCCCC. The van der Waals surface area contributed by atoms with Crippen molar-refractivity contribution < 1.29 is 28.6 Å².